The van der Waals surface area contributed by atoms with Gasteiger partial charge in [-0.05, 0) is 64.1 Å². The van der Waals surface area contributed by atoms with Crippen molar-refractivity contribution in [1.29, 1.82) is 0 Å². The summed E-state index contributed by atoms with van der Waals surface area (Å²) in [7, 11) is 5.21. The smallest absolute Gasteiger partial charge is 0.255 e. The van der Waals surface area contributed by atoms with Gasteiger partial charge in [0, 0.05) is 69.6 Å². The number of amides is 2. The third-order valence-electron chi connectivity index (χ3n) is 7.69. The third-order valence-corrected chi connectivity index (χ3v) is 8.84. The minimum absolute atomic E-state index is 0.127. The molecule has 1 aliphatic heterocycles. The number of hydrogen-bond acceptors (Lipinski definition) is 9. The van der Waals surface area contributed by atoms with Crippen molar-refractivity contribution in [2.24, 2.45) is 5.73 Å². The molecule has 1 aromatic rings. The summed E-state index contributed by atoms with van der Waals surface area (Å²) < 4.78 is 4.77. The van der Waals surface area contributed by atoms with E-state index < -0.39 is 11.9 Å². The lowest BCUT2D eigenvalue weighted by Gasteiger charge is -2.38. The van der Waals surface area contributed by atoms with Gasteiger partial charge in [0.1, 0.15) is 6.29 Å². The average molecular weight is 547 g/mol. The maximum absolute atomic E-state index is 13.2. The lowest BCUT2D eigenvalue weighted by atomic mass is 9.90. The van der Waals surface area contributed by atoms with E-state index in [1.807, 2.05) is 18.2 Å². The first-order valence-corrected chi connectivity index (χ1v) is 14.2. The summed E-state index contributed by atoms with van der Waals surface area (Å²) in [5.41, 5.74) is 7.19. The molecule has 0 radical (unpaired) electrons. The number of nitrogens with zero attached hydrogens (tertiary/aromatic N) is 3. The minimum atomic E-state index is -0.761. The Morgan fingerprint density at radius 1 is 1.13 bits per heavy atom. The number of nitrogens with two attached hydrogens (primary N) is 1. The van der Waals surface area contributed by atoms with Gasteiger partial charge >= 0.3 is 0 Å². The standard InChI is InChI=1S/C27H42N6O4S/c1-29-26(36)12-11-22(17-34)31(2)27(37)23-5-4-6-25(24(23)18-35)30-20-7-9-21(10-8-20)32(3)38-33-15-13-19(28)14-16-33/h4-6,17-22,30H,7-16,28H2,1-3H3,(H,29,36). The maximum atomic E-state index is 13.2. The molecule has 4 N–H and O–H groups in total. The molecule has 1 aliphatic carbocycles. The van der Waals surface area contributed by atoms with Crippen LogP contribution in [0.5, 0.6) is 0 Å². The van der Waals surface area contributed by atoms with Gasteiger partial charge in [-0.2, -0.15) is 0 Å². The molecule has 210 valence electrons. The van der Waals surface area contributed by atoms with Crippen molar-refractivity contribution in [1.82, 2.24) is 18.8 Å². The second-order valence-electron chi connectivity index (χ2n) is 10.3. The van der Waals surface area contributed by atoms with E-state index in [0.29, 0.717) is 35.9 Å². The first-order valence-electron chi connectivity index (χ1n) is 13.5. The number of piperidine rings is 1. The number of carbonyl (C=O) groups excluding carboxylic acids is 4. The summed E-state index contributed by atoms with van der Waals surface area (Å²) in [5, 5.41) is 6.01. The monoisotopic (exact) mass is 546 g/mol. The molecule has 1 atom stereocenters. The van der Waals surface area contributed by atoms with E-state index in [9.17, 15) is 19.2 Å². The van der Waals surface area contributed by atoms with Crippen LogP contribution in [0.25, 0.3) is 0 Å². The van der Waals surface area contributed by atoms with Crippen molar-refractivity contribution in [3.8, 4) is 0 Å². The Morgan fingerprint density at radius 3 is 2.42 bits per heavy atom. The van der Waals surface area contributed by atoms with E-state index in [1.54, 1.807) is 12.1 Å². The Labute approximate surface area is 230 Å². The molecule has 2 aliphatic rings. The normalized spacial score (nSPS) is 21.5. The summed E-state index contributed by atoms with van der Waals surface area (Å²) in [6, 6.07) is 5.42. The van der Waals surface area contributed by atoms with Crippen LogP contribution in [-0.2, 0) is 9.59 Å². The SMILES string of the molecule is CNC(=O)CCC(C=O)N(C)C(=O)c1cccc(NC2CCC(N(C)SN3CCC(N)CC3)CC2)c1C=O. The van der Waals surface area contributed by atoms with Crippen molar-refractivity contribution < 1.29 is 19.2 Å². The Kier molecular flexibility index (Phi) is 11.6. The number of benzene rings is 1. The molecular weight excluding hydrogens is 504 g/mol. The predicted octanol–water partition coefficient (Wildman–Crippen LogP) is 2.31. The number of anilines is 1. The van der Waals surface area contributed by atoms with Crippen LogP contribution in [0.2, 0.25) is 0 Å². The molecule has 2 amide bonds. The number of rotatable bonds is 12. The number of aldehydes is 2. The molecule has 38 heavy (non-hydrogen) atoms. The Bertz CT molecular complexity index is 963. The molecule has 1 unspecified atom stereocenters. The topological polar surface area (TPSA) is 128 Å². The van der Waals surface area contributed by atoms with Gasteiger partial charge < -0.3 is 26.1 Å². The van der Waals surface area contributed by atoms with Crippen LogP contribution < -0.4 is 16.4 Å². The summed E-state index contributed by atoms with van der Waals surface area (Å²) >= 11 is 1.81. The molecule has 1 heterocycles. The number of hydrogen-bond donors (Lipinski definition) is 3. The zero-order chi connectivity index (χ0) is 27.7. The van der Waals surface area contributed by atoms with Gasteiger partial charge in [-0.3, -0.25) is 14.4 Å². The van der Waals surface area contributed by atoms with Gasteiger partial charge in [0.25, 0.3) is 5.91 Å². The third kappa shape index (κ3) is 8.02. The van der Waals surface area contributed by atoms with E-state index in [1.165, 1.54) is 19.0 Å². The van der Waals surface area contributed by atoms with Crippen LogP contribution in [0.1, 0.15) is 72.1 Å². The van der Waals surface area contributed by atoms with Crippen molar-refractivity contribution >= 4 is 42.2 Å². The molecule has 1 aromatic carbocycles. The molecule has 3 rings (SSSR count). The molecule has 0 spiro atoms. The molecule has 11 heteroatoms. The highest BCUT2D eigenvalue weighted by atomic mass is 32.2. The van der Waals surface area contributed by atoms with E-state index in [4.69, 9.17) is 5.73 Å². The van der Waals surface area contributed by atoms with Gasteiger partial charge in [0.15, 0.2) is 6.29 Å². The highest BCUT2D eigenvalue weighted by molar-refractivity contribution is 7.94. The highest BCUT2D eigenvalue weighted by Crippen LogP contribution is 2.31. The molecule has 0 aromatic heterocycles. The number of carbonyl (C=O) groups is 4. The zero-order valence-corrected chi connectivity index (χ0v) is 23.5. The molecule has 1 saturated heterocycles. The molecule has 1 saturated carbocycles. The van der Waals surface area contributed by atoms with Crippen LogP contribution in [-0.4, -0.2) is 96.3 Å². The second-order valence-corrected chi connectivity index (χ2v) is 11.5. The van der Waals surface area contributed by atoms with E-state index >= 15 is 0 Å². The van der Waals surface area contributed by atoms with Crippen LogP contribution in [0, 0.1) is 0 Å². The predicted molar refractivity (Wildman–Crippen MR) is 151 cm³/mol. The van der Waals surface area contributed by atoms with Crippen molar-refractivity contribution in [2.75, 3.05) is 39.5 Å². The van der Waals surface area contributed by atoms with Gasteiger partial charge in [-0.1, -0.05) is 6.07 Å². The fraction of sp³-hybridized carbons (Fsp3) is 0.630. The van der Waals surface area contributed by atoms with Crippen molar-refractivity contribution in [2.45, 2.75) is 75.5 Å². The second kappa shape index (κ2) is 14.6. The van der Waals surface area contributed by atoms with E-state index in [-0.39, 0.29) is 30.4 Å². The highest BCUT2D eigenvalue weighted by Gasteiger charge is 2.28. The summed E-state index contributed by atoms with van der Waals surface area (Å²) in [6.07, 6.45) is 7.79. The minimum Gasteiger partial charge on any atom is -0.382 e. The van der Waals surface area contributed by atoms with Crippen LogP contribution >= 0.6 is 12.1 Å². The Balaban J connectivity index is 1.58. The number of likely N-dealkylation sites (N-methyl/N-ethyl adjacent to an activating group) is 1. The zero-order valence-electron chi connectivity index (χ0n) is 22.7. The van der Waals surface area contributed by atoms with Gasteiger partial charge in [-0.15, -0.1) is 0 Å². The quantitative estimate of drug-likeness (QED) is 0.267. The Hall–Kier alpha value is -2.47. The lowest BCUT2D eigenvalue weighted by molar-refractivity contribution is -0.121. The molecule has 10 nitrogen and oxygen atoms in total. The molecule has 2 fully saturated rings. The van der Waals surface area contributed by atoms with E-state index in [2.05, 4.69) is 26.3 Å². The lowest BCUT2D eigenvalue weighted by Crippen LogP contribution is -2.41. The van der Waals surface area contributed by atoms with Crippen LogP contribution in [0.15, 0.2) is 18.2 Å². The number of nitrogens with one attached hydrogen (secondary N) is 2. The maximum Gasteiger partial charge on any atom is 0.255 e. The van der Waals surface area contributed by atoms with E-state index in [0.717, 1.165) is 51.6 Å². The van der Waals surface area contributed by atoms with Gasteiger partial charge in [0.2, 0.25) is 5.91 Å². The fourth-order valence-corrected chi connectivity index (χ4v) is 6.19. The molecular formula is C27H42N6O4S. The van der Waals surface area contributed by atoms with Crippen LogP contribution in [0.4, 0.5) is 5.69 Å². The summed E-state index contributed by atoms with van der Waals surface area (Å²) in [5.74, 6) is -0.626. The first-order chi connectivity index (χ1) is 18.3. The Morgan fingerprint density at radius 2 is 1.82 bits per heavy atom. The average Bonchev–Trinajstić information content (AvgIpc) is 2.94. The summed E-state index contributed by atoms with van der Waals surface area (Å²) in [6.45, 7) is 2.04. The van der Waals surface area contributed by atoms with Gasteiger partial charge in [0.05, 0.1) is 17.2 Å². The van der Waals surface area contributed by atoms with Crippen LogP contribution in [0.3, 0.4) is 0 Å². The van der Waals surface area contributed by atoms with Crippen molar-refractivity contribution in [3.63, 3.8) is 0 Å². The van der Waals surface area contributed by atoms with Crippen molar-refractivity contribution in [3.05, 3.63) is 29.3 Å². The summed E-state index contributed by atoms with van der Waals surface area (Å²) in [4.78, 5) is 49.9. The fourth-order valence-electron chi connectivity index (χ4n) is 5.11. The molecule has 0 bridgehead atoms. The largest absolute Gasteiger partial charge is 0.382 e. The van der Waals surface area contributed by atoms with Gasteiger partial charge in [-0.25, -0.2) is 8.61 Å². The first kappa shape index (κ1) is 30.1.